The number of hydrogen-bond donors (Lipinski definition) is 2. The molecule has 30 heavy (non-hydrogen) atoms. The van der Waals surface area contributed by atoms with Crippen molar-refractivity contribution in [3.05, 3.63) is 83.9 Å². The third kappa shape index (κ3) is 5.92. The number of aryl methyl sites for hydroxylation is 2. The Bertz CT molecular complexity index is 938. The Kier molecular flexibility index (Phi) is 8.04. The largest absolute Gasteiger partial charge is 0.487 e. The first-order chi connectivity index (χ1) is 14.5. The molecule has 158 valence electrons. The molecule has 0 unspecified atom stereocenters. The minimum absolute atomic E-state index is 0.417. The van der Waals surface area contributed by atoms with Crippen molar-refractivity contribution in [1.82, 2.24) is 0 Å². The lowest BCUT2D eigenvalue weighted by Gasteiger charge is -2.16. The van der Waals surface area contributed by atoms with E-state index in [0.29, 0.717) is 11.1 Å². The van der Waals surface area contributed by atoms with Crippen LogP contribution in [0.1, 0.15) is 50.7 Å². The van der Waals surface area contributed by atoms with E-state index in [1.165, 1.54) is 5.56 Å². The van der Waals surface area contributed by atoms with Crippen LogP contribution in [0, 0.1) is 0 Å². The van der Waals surface area contributed by atoms with Crippen LogP contribution in [-0.2, 0) is 12.8 Å². The summed E-state index contributed by atoms with van der Waals surface area (Å²) in [5.41, 5.74) is 4.30. The molecule has 0 bridgehead atoms. The first kappa shape index (κ1) is 22.5. The third-order valence-electron chi connectivity index (χ3n) is 5.26. The maximum Gasteiger partial charge on any atom is 0.487 e. The summed E-state index contributed by atoms with van der Waals surface area (Å²) in [5, 5.41) is 0.417. The van der Waals surface area contributed by atoms with Crippen LogP contribution in [0.25, 0.3) is 11.1 Å². The predicted octanol–water partition coefficient (Wildman–Crippen LogP) is 6.49. The summed E-state index contributed by atoms with van der Waals surface area (Å²) in [4.78, 5) is 21.8. The highest BCUT2D eigenvalue weighted by molar-refractivity contribution is 7.68. The molecule has 0 saturated carbocycles. The van der Waals surface area contributed by atoms with Crippen molar-refractivity contribution in [3.8, 4) is 16.9 Å². The van der Waals surface area contributed by atoms with Gasteiger partial charge in [-0.25, -0.2) is 0 Å². The van der Waals surface area contributed by atoms with Gasteiger partial charge in [-0.05, 0) is 60.6 Å². The van der Waals surface area contributed by atoms with Gasteiger partial charge in [0.1, 0.15) is 0 Å². The van der Waals surface area contributed by atoms with E-state index in [1.807, 2.05) is 60.7 Å². The van der Waals surface area contributed by atoms with Crippen molar-refractivity contribution in [3.63, 3.8) is 0 Å². The normalized spacial score (nSPS) is 11.5. The summed E-state index contributed by atoms with van der Waals surface area (Å²) >= 11 is 0. The van der Waals surface area contributed by atoms with Gasteiger partial charge in [0.2, 0.25) is 0 Å². The fourth-order valence-corrected chi connectivity index (χ4v) is 4.65. The molecule has 3 aromatic rings. The van der Waals surface area contributed by atoms with E-state index in [2.05, 4.69) is 19.9 Å². The van der Waals surface area contributed by atoms with E-state index >= 15 is 0 Å². The first-order valence-corrected chi connectivity index (χ1v) is 12.5. The fourth-order valence-electron chi connectivity index (χ4n) is 3.51. The molecule has 0 amide bonds. The van der Waals surface area contributed by atoms with Crippen molar-refractivity contribution < 1.29 is 14.3 Å². The summed E-state index contributed by atoms with van der Waals surface area (Å²) in [6.07, 6.45) is 6.33. The number of benzene rings is 3. The molecule has 3 nitrogen and oxygen atoms in total. The van der Waals surface area contributed by atoms with E-state index in [9.17, 15) is 9.79 Å². The van der Waals surface area contributed by atoms with Crippen LogP contribution >= 0.6 is 7.94 Å². The lowest BCUT2D eigenvalue weighted by atomic mass is 10.0. The van der Waals surface area contributed by atoms with Crippen LogP contribution in [0.5, 0.6) is 5.75 Å². The van der Waals surface area contributed by atoms with Gasteiger partial charge in [-0.15, -0.1) is 0 Å². The third-order valence-corrected chi connectivity index (χ3v) is 6.66. The Morgan fingerprint density at radius 3 is 2.17 bits per heavy atom. The Labute approximate surface area is 181 Å². The van der Waals surface area contributed by atoms with Gasteiger partial charge in [-0.3, -0.25) is 4.52 Å². The average molecular weight is 424 g/mol. The van der Waals surface area contributed by atoms with E-state index in [4.69, 9.17) is 4.52 Å². The molecule has 0 radical (unpaired) electrons. The van der Waals surface area contributed by atoms with Crippen molar-refractivity contribution >= 4 is 13.2 Å². The quantitative estimate of drug-likeness (QED) is 0.367. The summed E-state index contributed by atoms with van der Waals surface area (Å²) in [6.45, 7) is 4.35. The molecule has 0 fully saturated rings. The van der Waals surface area contributed by atoms with Crippen LogP contribution in [-0.4, -0.2) is 9.79 Å². The standard InChI is InChI=1S/C26H32O3P/c1-3-5-11-21-17-18-26(24(19-21)12-6-4-2)29-30(27,28)25-16-10-15-23(20-25)22-13-8-7-9-14-22/h7-10,13-20,27-28H,3-6,11-12H2,1-2H3/q+1. The van der Waals surface area contributed by atoms with E-state index < -0.39 is 7.94 Å². The molecule has 2 N–H and O–H groups in total. The minimum atomic E-state index is -3.76. The van der Waals surface area contributed by atoms with Crippen LogP contribution in [0.3, 0.4) is 0 Å². The Hall–Kier alpha value is -2.19. The van der Waals surface area contributed by atoms with Gasteiger partial charge in [0.25, 0.3) is 0 Å². The van der Waals surface area contributed by atoms with E-state index in [-0.39, 0.29) is 0 Å². The average Bonchev–Trinajstić information content (AvgIpc) is 2.78. The van der Waals surface area contributed by atoms with Crippen molar-refractivity contribution in [2.75, 3.05) is 0 Å². The molecule has 0 aromatic heterocycles. The van der Waals surface area contributed by atoms with Crippen LogP contribution in [0.15, 0.2) is 72.8 Å². The smallest absolute Gasteiger partial charge is 0.281 e. The van der Waals surface area contributed by atoms with Gasteiger partial charge in [0, 0.05) is 5.56 Å². The monoisotopic (exact) mass is 423 g/mol. The molecule has 4 heteroatoms. The lowest BCUT2D eigenvalue weighted by molar-refractivity contribution is 0.353. The molecule has 0 saturated heterocycles. The van der Waals surface area contributed by atoms with E-state index in [0.717, 1.165) is 55.2 Å². The predicted molar refractivity (Wildman–Crippen MR) is 127 cm³/mol. The zero-order valence-electron chi connectivity index (χ0n) is 17.9. The Morgan fingerprint density at radius 1 is 0.733 bits per heavy atom. The Morgan fingerprint density at radius 2 is 1.43 bits per heavy atom. The molecular weight excluding hydrogens is 391 g/mol. The zero-order chi connectivity index (χ0) is 21.4. The van der Waals surface area contributed by atoms with Crippen LogP contribution < -0.4 is 9.83 Å². The van der Waals surface area contributed by atoms with Crippen molar-refractivity contribution in [2.24, 2.45) is 0 Å². The van der Waals surface area contributed by atoms with Crippen LogP contribution in [0.4, 0.5) is 0 Å². The minimum Gasteiger partial charge on any atom is -0.281 e. The van der Waals surface area contributed by atoms with Gasteiger partial charge in [0.05, 0.1) is 0 Å². The number of hydrogen-bond acceptors (Lipinski definition) is 3. The molecule has 0 aliphatic heterocycles. The maximum absolute atomic E-state index is 10.9. The zero-order valence-corrected chi connectivity index (χ0v) is 18.8. The maximum atomic E-state index is 10.9. The number of rotatable bonds is 10. The van der Waals surface area contributed by atoms with Crippen molar-refractivity contribution in [1.29, 1.82) is 0 Å². The second-order valence-corrected chi connectivity index (χ2v) is 9.49. The highest BCUT2D eigenvalue weighted by atomic mass is 31.2. The molecule has 3 rings (SSSR count). The second kappa shape index (κ2) is 10.7. The summed E-state index contributed by atoms with van der Waals surface area (Å²) in [6, 6.07) is 23.4. The summed E-state index contributed by atoms with van der Waals surface area (Å²) in [7, 11) is -3.76. The SMILES string of the molecule is CCCCc1ccc(O[P+](O)(O)c2cccc(-c3ccccc3)c2)c(CCCC)c1. The topological polar surface area (TPSA) is 49.7 Å². The molecule has 0 aliphatic carbocycles. The molecular formula is C26H32O3P+. The van der Waals surface area contributed by atoms with Gasteiger partial charge >= 0.3 is 7.94 Å². The van der Waals surface area contributed by atoms with Gasteiger partial charge in [-0.1, -0.05) is 81.3 Å². The second-order valence-electron chi connectivity index (χ2n) is 7.70. The highest BCUT2D eigenvalue weighted by Gasteiger charge is 2.41. The molecule has 0 atom stereocenters. The fraction of sp³-hybridized carbons (Fsp3) is 0.308. The summed E-state index contributed by atoms with van der Waals surface area (Å²) < 4.78 is 5.89. The molecule has 0 aliphatic rings. The van der Waals surface area contributed by atoms with E-state index in [1.54, 1.807) is 6.07 Å². The molecule has 0 spiro atoms. The van der Waals surface area contributed by atoms with Crippen LogP contribution in [0.2, 0.25) is 0 Å². The first-order valence-electron chi connectivity index (χ1n) is 10.9. The number of unbranched alkanes of at least 4 members (excludes halogenated alkanes) is 2. The van der Waals surface area contributed by atoms with Gasteiger partial charge in [0.15, 0.2) is 11.1 Å². The highest BCUT2D eigenvalue weighted by Crippen LogP contribution is 2.51. The van der Waals surface area contributed by atoms with Crippen molar-refractivity contribution in [2.45, 2.75) is 52.4 Å². The van der Waals surface area contributed by atoms with Gasteiger partial charge in [-0.2, -0.15) is 9.79 Å². The van der Waals surface area contributed by atoms with Gasteiger partial charge < -0.3 is 0 Å². The Balaban J connectivity index is 1.87. The summed E-state index contributed by atoms with van der Waals surface area (Å²) in [5.74, 6) is 0.576. The lowest BCUT2D eigenvalue weighted by Crippen LogP contribution is -2.16. The molecule has 3 aromatic carbocycles. The molecule has 0 heterocycles.